The minimum Gasteiger partial charge on any atom is -0.493 e. The number of nitrogens with two attached hydrogens (primary N) is 1. The maximum Gasteiger partial charge on any atom is 0.257 e. The van der Waals surface area contributed by atoms with Gasteiger partial charge in [-0.2, -0.15) is 0 Å². The molecule has 7 heteroatoms. The summed E-state index contributed by atoms with van der Waals surface area (Å²) in [7, 11) is 0. The first-order valence-electron chi connectivity index (χ1n) is 11.0. The van der Waals surface area contributed by atoms with Crippen molar-refractivity contribution in [3.05, 3.63) is 84.2 Å². The zero-order chi connectivity index (χ0) is 23.3. The molecular weight excluding hydrogens is 418 g/mol. The van der Waals surface area contributed by atoms with Gasteiger partial charge >= 0.3 is 0 Å². The van der Waals surface area contributed by atoms with Gasteiger partial charge in [-0.05, 0) is 47.9 Å². The number of nitrogens with zero attached hydrogens (tertiary/aromatic N) is 2. The molecule has 33 heavy (non-hydrogen) atoms. The van der Waals surface area contributed by atoms with Gasteiger partial charge in [0.2, 0.25) is 0 Å². The highest BCUT2D eigenvalue weighted by atomic mass is 16.5. The summed E-state index contributed by atoms with van der Waals surface area (Å²) in [5.74, 6) is -0.280. The van der Waals surface area contributed by atoms with Gasteiger partial charge in [0.1, 0.15) is 5.75 Å². The van der Waals surface area contributed by atoms with Crippen LogP contribution in [0.25, 0.3) is 11.1 Å². The van der Waals surface area contributed by atoms with Gasteiger partial charge in [0, 0.05) is 25.4 Å². The van der Waals surface area contributed by atoms with Crippen LogP contribution in [0.5, 0.6) is 5.75 Å². The molecule has 1 atom stereocenters. The van der Waals surface area contributed by atoms with Crippen molar-refractivity contribution in [1.82, 2.24) is 9.88 Å². The number of amides is 2. The topological polar surface area (TPSA) is 94.8 Å². The molecule has 2 amide bonds. The van der Waals surface area contributed by atoms with Crippen molar-refractivity contribution in [3.63, 3.8) is 0 Å². The summed E-state index contributed by atoms with van der Waals surface area (Å²) in [6.07, 6.45) is 3.74. The molecule has 1 aromatic heterocycles. The Kier molecular flexibility index (Phi) is 6.70. The average molecular weight is 446 g/mol. The summed E-state index contributed by atoms with van der Waals surface area (Å²) in [5, 5.41) is 0. The number of pyridine rings is 1. The van der Waals surface area contributed by atoms with E-state index < -0.39 is 11.5 Å². The van der Waals surface area contributed by atoms with E-state index in [0.717, 1.165) is 16.7 Å². The molecule has 4 rings (SSSR count). The van der Waals surface area contributed by atoms with Crippen LogP contribution in [0, 0.1) is 0 Å². The Hall–Kier alpha value is -3.71. The van der Waals surface area contributed by atoms with E-state index >= 15 is 0 Å². The lowest BCUT2D eigenvalue weighted by Crippen LogP contribution is -2.61. The van der Waals surface area contributed by atoms with Crippen molar-refractivity contribution < 1.29 is 19.1 Å². The van der Waals surface area contributed by atoms with E-state index in [4.69, 9.17) is 15.2 Å². The monoisotopic (exact) mass is 445 g/mol. The number of primary amides is 1. The Balaban J connectivity index is 1.59. The van der Waals surface area contributed by atoms with Crippen molar-refractivity contribution in [1.29, 1.82) is 0 Å². The van der Waals surface area contributed by atoms with E-state index in [1.54, 1.807) is 35.5 Å². The van der Waals surface area contributed by atoms with E-state index in [1.165, 1.54) is 0 Å². The third-order valence-electron chi connectivity index (χ3n) is 5.77. The Morgan fingerprint density at radius 2 is 1.88 bits per heavy atom. The molecule has 2 heterocycles. The van der Waals surface area contributed by atoms with E-state index in [1.807, 2.05) is 49.4 Å². The Labute approximate surface area is 193 Å². The normalized spacial score (nSPS) is 18.0. The van der Waals surface area contributed by atoms with Gasteiger partial charge < -0.3 is 20.1 Å². The van der Waals surface area contributed by atoms with Crippen molar-refractivity contribution in [2.24, 2.45) is 5.73 Å². The Morgan fingerprint density at radius 3 is 2.64 bits per heavy atom. The van der Waals surface area contributed by atoms with Gasteiger partial charge in [0.05, 0.1) is 25.3 Å². The van der Waals surface area contributed by atoms with E-state index in [0.29, 0.717) is 24.5 Å². The molecule has 1 aliphatic heterocycles. The van der Waals surface area contributed by atoms with Crippen LogP contribution in [-0.4, -0.2) is 53.6 Å². The highest BCUT2D eigenvalue weighted by molar-refractivity contribution is 5.97. The fraction of sp³-hybridized carbons (Fsp3) is 0.269. The van der Waals surface area contributed by atoms with Crippen LogP contribution < -0.4 is 10.5 Å². The highest BCUT2D eigenvalue weighted by Gasteiger charge is 2.44. The second-order valence-corrected chi connectivity index (χ2v) is 7.98. The lowest BCUT2D eigenvalue weighted by molar-refractivity contribution is -0.153. The summed E-state index contributed by atoms with van der Waals surface area (Å²) in [6, 6.07) is 18.8. The van der Waals surface area contributed by atoms with Crippen molar-refractivity contribution in [3.8, 4) is 16.9 Å². The van der Waals surface area contributed by atoms with Crippen LogP contribution in [-0.2, 0) is 16.0 Å². The zero-order valence-electron chi connectivity index (χ0n) is 18.6. The fourth-order valence-corrected chi connectivity index (χ4v) is 4.13. The molecule has 1 fully saturated rings. The van der Waals surface area contributed by atoms with Crippen molar-refractivity contribution >= 4 is 11.8 Å². The Bertz CT molecular complexity index is 1140. The van der Waals surface area contributed by atoms with Crippen LogP contribution in [0.3, 0.4) is 0 Å². The molecule has 0 saturated carbocycles. The predicted octanol–water partition coefficient (Wildman–Crippen LogP) is 3.09. The molecule has 0 spiro atoms. The number of carbonyl (C=O) groups is 2. The predicted molar refractivity (Wildman–Crippen MR) is 125 cm³/mol. The molecule has 2 N–H and O–H groups in total. The third-order valence-corrected chi connectivity index (χ3v) is 5.77. The lowest BCUT2D eigenvalue weighted by atomic mass is 9.90. The molecule has 0 aliphatic carbocycles. The average Bonchev–Trinajstić information content (AvgIpc) is 2.85. The summed E-state index contributed by atoms with van der Waals surface area (Å²) in [4.78, 5) is 31.7. The first-order valence-corrected chi connectivity index (χ1v) is 11.0. The molecule has 7 nitrogen and oxygen atoms in total. The van der Waals surface area contributed by atoms with Crippen molar-refractivity contribution in [2.75, 3.05) is 26.3 Å². The number of carbonyl (C=O) groups excluding carboxylic acids is 2. The standard InChI is InChI=1S/C26H27N3O4/c1-2-32-23-9-4-3-8-22(23)24(30)29-14-15-33-26(18-29,25(27)31)17-19-6-5-7-21(16-19)20-10-12-28-13-11-20/h3-13,16H,2,14-15,17-18H2,1H3,(H2,27,31)/t26-/m0/s1. The molecule has 0 radical (unpaired) electrons. The summed E-state index contributed by atoms with van der Waals surface area (Å²) in [5.41, 5.74) is 7.91. The summed E-state index contributed by atoms with van der Waals surface area (Å²) in [6.45, 7) is 2.97. The number of hydrogen-bond donors (Lipinski definition) is 1. The zero-order valence-corrected chi connectivity index (χ0v) is 18.6. The largest absolute Gasteiger partial charge is 0.493 e. The number of morpholine rings is 1. The highest BCUT2D eigenvalue weighted by Crippen LogP contribution is 2.28. The van der Waals surface area contributed by atoms with Crippen LogP contribution in [0.4, 0.5) is 0 Å². The van der Waals surface area contributed by atoms with Gasteiger partial charge in [-0.15, -0.1) is 0 Å². The van der Waals surface area contributed by atoms with Gasteiger partial charge in [-0.1, -0.05) is 36.4 Å². The van der Waals surface area contributed by atoms with Gasteiger partial charge in [0.15, 0.2) is 5.60 Å². The fourth-order valence-electron chi connectivity index (χ4n) is 4.13. The quantitative estimate of drug-likeness (QED) is 0.603. The molecule has 0 unspecified atom stereocenters. The third kappa shape index (κ3) is 4.88. The molecule has 1 aliphatic rings. The SMILES string of the molecule is CCOc1ccccc1C(=O)N1CCO[C@](Cc2cccc(-c3ccncc3)c2)(C(N)=O)C1. The molecule has 2 aromatic carbocycles. The molecule has 170 valence electrons. The second kappa shape index (κ2) is 9.83. The number of hydrogen-bond acceptors (Lipinski definition) is 5. The van der Waals surface area contributed by atoms with Crippen LogP contribution >= 0.6 is 0 Å². The van der Waals surface area contributed by atoms with Crippen LogP contribution in [0.15, 0.2) is 73.1 Å². The maximum absolute atomic E-state index is 13.3. The van der Waals surface area contributed by atoms with Gasteiger partial charge in [0.25, 0.3) is 11.8 Å². The maximum atomic E-state index is 13.3. The lowest BCUT2D eigenvalue weighted by Gasteiger charge is -2.41. The van der Waals surface area contributed by atoms with Gasteiger partial charge in [-0.25, -0.2) is 0 Å². The first kappa shape index (κ1) is 22.5. The number of aromatic nitrogens is 1. The smallest absolute Gasteiger partial charge is 0.257 e. The Morgan fingerprint density at radius 1 is 1.09 bits per heavy atom. The van der Waals surface area contributed by atoms with E-state index in [-0.39, 0.29) is 25.5 Å². The summed E-state index contributed by atoms with van der Waals surface area (Å²) >= 11 is 0. The van der Waals surface area contributed by atoms with Crippen molar-refractivity contribution in [2.45, 2.75) is 18.9 Å². The number of ether oxygens (including phenoxy) is 2. The van der Waals surface area contributed by atoms with Crippen LogP contribution in [0.1, 0.15) is 22.8 Å². The molecule has 3 aromatic rings. The summed E-state index contributed by atoms with van der Waals surface area (Å²) < 4.78 is 11.6. The molecule has 0 bridgehead atoms. The van der Waals surface area contributed by atoms with Gasteiger partial charge in [-0.3, -0.25) is 14.6 Å². The molecular formula is C26H27N3O4. The minimum absolute atomic E-state index is 0.0705. The molecule has 1 saturated heterocycles. The number of benzene rings is 2. The minimum atomic E-state index is -1.31. The van der Waals surface area contributed by atoms with E-state index in [9.17, 15) is 9.59 Å². The second-order valence-electron chi connectivity index (χ2n) is 7.98. The van der Waals surface area contributed by atoms with E-state index in [2.05, 4.69) is 4.98 Å². The number of rotatable bonds is 7. The number of para-hydroxylation sites is 1. The first-order chi connectivity index (χ1) is 16.0. The van der Waals surface area contributed by atoms with Crippen LogP contribution in [0.2, 0.25) is 0 Å².